The van der Waals surface area contributed by atoms with Crippen molar-refractivity contribution in [1.82, 2.24) is 9.80 Å². The minimum atomic E-state index is 0.0989. The predicted molar refractivity (Wildman–Crippen MR) is 123 cm³/mol. The third kappa shape index (κ3) is 4.88. The first-order valence-corrected chi connectivity index (χ1v) is 11.4. The summed E-state index contributed by atoms with van der Waals surface area (Å²) < 4.78 is 1.04. The molecule has 1 amide bonds. The number of nitrogens with zero attached hydrogens (tertiary/aromatic N) is 2. The highest BCUT2D eigenvalue weighted by Gasteiger charge is 2.45. The number of hydrogen-bond acceptors (Lipinski definition) is 2. The number of carbonyl (C=O) groups is 1. The summed E-state index contributed by atoms with van der Waals surface area (Å²) in [6.07, 6.45) is 5.68. The van der Waals surface area contributed by atoms with Gasteiger partial charge in [-0.05, 0) is 54.2 Å². The van der Waals surface area contributed by atoms with Crippen LogP contribution in [0.15, 0.2) is 53.0 Å². The summed E-state index contributed by atoms with van der Waals surface area (Å²) in [5, 5.41) is 1.47. The Morgan fingerprint density at radius 1 is 1.03 bits per heavy atom. The second kappa shape index (κ2) is 8.81. The van der Waals surface area contributed by atoms with Crippen LogP contribution in [-0.2, 0) is 11.3 Å². The van der Waals surface area contributed by atoms with Crippen LogP contribution >= 0.6 is 39.1 Å². The van der Waals surface area contributed by atoms with Crippen molar-refractivity contribution in [2.45, 2.75) is 19.4 Å². The maximum atomic E-state index is 12.5. The Kier molecular flexibility index (Phi) is 6.35. The quantitative estimate of drug-likeness (QED) is 0.495. The van der Waals surface area contributed by atoms with E-state index in [1.807, 2.05) is 53.4 Å². The molecule has 0 N–H and O–H groups in total. The first kappa shape index (κ1) is 20.9. The zero-order valence-electron chi connectivity index (χ0n) is 16.1. The van der Waals surface area contributed by atoms with Crippen LogP contribution < -0.4 is 0 Å². The molecular formula is C23H23BrCl2N2O. The van der Waals surface area contributed by atoms with E-state index in [9.17, 15) is 4.79 Å². The highest BCUT2D eigenvalue weighted by molar-refractivity contribution is 9.10. The topological polar surface area (TPSA) is 23.6 Å². The van der Waals surface area contributed by atoms with Crippen molar-refractivity contribution < 1.29 is 4.79 Å². The number of piperidine rings is 1. The van der Waals surface area contributed by atoms with Crippen molar-refractivity contribution >= 4 is 51.1 Å². The van der Waals surface area contributed by atoms with Gasteiger partial charge >= 0.3 is 0 Å². The SMILES string of the molecule is O=C(C=Cc1ccc(Br)cc1)N1CCC2(CC1)CN(Cc1c(Cl)cccc1Cl)C2. The summed E-state index contributed by atoms with van der Waals surface area (Å²) in [5.74, 6) is 0.0989. The fourth-order valence-corrected chi connectivity index (χ4v) is 5.07. The van der Waals surface area contributed by atoms with Crippen LogP contribution in [0.5, 0.6) is 0 Å². The Balaban J connectivity index is 1.27. The molecule has 2 fully saturated rings. The average Bonchev–Trinajstić information content (AvgIpc) is 2.69. The highest BCUT2D eigenvalue weighted by Crippen LogP contribution is 2.42. The first-order chi connectivity index (χ1) is 13.9. The number of amides is 1. The molecule has 2 aromatic carbocycles. The van der Waals surface area contributed by atoms with E-state index < -0.39 is 0 Å². The Morgan fingerprint density at radius 2 is 1.66 bits per heavy atom. The Morgan fingerprint density at radius 3 is 2.28 bits per heavy atom. The number of hydrogen-bond donors (Lipinski definition) is 0. The smallest absolute Gasteiger partial charge is 0.246 e. The largest absolute Gasteiger partial charge is 0.339 e. The summed E-state index contributed by atoms with van der Waals surface area (Å²) in [4.78, 5) is 16.9. The molecule has 0 atom stereocenters. The molecule has 2 aliphatic heterocycles. The van der Waals surface area contributed by atoms with Crippen molar-refractivity contribution in [3.63, 3.8) is 0 Å². The second-order valence-corrected chi connectivity index (χ2v) is 9.79. The molecule has 2 aliphatic rings. The molecule has 152 valence electrons. The lowest BCUT2D eigenvalue weighted by molar-refractivity contribution is -0.131. The van der Waals surface area contributed by atoms with Crippen molar-refractivity contribution in [3.8, 4) is 0 Å². The van der Waals surface area contributed by atoms with E-state index in [4.69, 9.17) is 23.2 Å². The molecule has 4 rings (SSSR count). The van der Waals surface area contributed by atoms with Crippen LogP contribution in [0.1, 0.15) is 24.0 Å². The lowest BCUT2D eigenvalue weighted by Crippen LogP contribution is -2.60. The van der Waals surface area contributed by atoms with E-state index in [-0.39, 0.29) is 5.91 Å². The number of benzene rings is 2. The van der Waals surface area contributed by atoms with Crippen molar-refractivity contribution in [2.24, 2.45) is 5.41 Å². The van der Waals surface area contributed by atoms with E-state index in [0.717, 1.165) is 71.2 Å². The monoisotopic (exact) mass is 492 g/mol. The van der Waals surface area contributed by atoms with Crippen LogP contribution in [0.2, 0.25) is 10.0 Å². The van der Waals surface area contributed by atoms with Gasteiger partial charge in [-0.1, -0.05) is 57.3 Å². The van der Waals surface area contributed by atoms with Gasteiger partial charge in [-0.3, -0.25) is 9.69 Å². The molecular weight excluding hydrogens is 471 g/mol. The minimum absolute atomic E-state index is 0.0989. The average molecular weight is 494 g/mol. The van der Waals surface area contributed by atoms with Gasteiger partial charge in [-0.2, -0.15) is 0 Å². The molecule has 0 radical (unpaired) electrons. The fraction of sp³-hybridized carbons (Fsp3) is 0.348. The standard InChI is InChI=1S/C23H23BrCl2N2O/c24-18-7-4-17(5-8-18)6-9-22(29)28-12-10-23(11-13-28)15-27(16-23)14-19-20(25)2-1-3-21(19)26/h1-9H,10-16H2. The van der Waals surface area contributed by atoms with Gasteiger partial charge in [0, 0.05) is 58.9 Å². The molecule has 0 saturated carbocycles. The van der Waals surface area contributed by atoms with Crippen molar-refractivity contribution in [1.29, 1.82) is 0 Å². The molecule has 0 unspecified atom stereocenters. The van der Waals surface area contributed by atoms with Gasteiger partial charge in [0.2, 0.25) is 5.91 Å². The van der Waals surface area contributed by atoms with Crippen LogP contribution in [0.25, 0.3) is 6.08 Å². The van der Waals surface area contributed by atoms with Gasteiger partial charge in [-0.25, -0.2) is 0 Å². The normalized spacial score (nSPS) is 18.9. The van der Waals surface area contributed by atoms with E-state index in [1.165, 1.54) is 0 Å². The lowest BCUT2D eigenvalue weighted by Gasteiger charge is -2.54. The minimum Gasteiger partial charge on any atom is -0.339 e. The van der Waals surface area contributed by atoms with Crippen LogP contribution in [-0.4, -0.2) is 41.9 Å². The maximum Gasteiger partial charge on any atom is 0.246 e. The van der Waals surface area contributed by atoms with Gasteiger partial charge in [0.1, 0.15) is 0 Å². The van der Waals surface area contributed by atoms with E-state index in [0.29, 0.717) is 5.41 Å². The number of rotatable bonds is 4. The molecule has 6 heteroatoms. The maximum absolute atomic E-state index is 12.5. The van der Waals surface area contributed by atoms with Crippen molar-refractivity contribution in [2.75, 3.05) is 26.2 Å². The fourth-order valence-electron chi connectivity index (χ4n) is 4.29. The van der Waals surface area contributed by atoms with Gasteiger partial charge in [0.25, 0.3) is 0 Å². The van der Waals surface area contributed by atoms with E-state index >= 15 is 0 Å². The third-order valence-corrected chi connectivity index (χ3v) is 7.22. The van der Waals surface area contributed by atoms with Crippen molar-refractivity contribution in [3.05, 3.63) is 74.2 Å². The second-order valence-electron chi connectivity index (χ2n) is 8.06. The zero-order chi connectivity index (χ0) is 20.4. The molecule has 0 bridgehead atoms. The van der Waals surface area contributed by atoms with E-state index in [2.05, 4.69) is 20.8 Å². The molecule has 2 saturated heterocycles. The van der Waals surface area contributed by atoms with E-state index in [1.54, 1.807) is 6.08 Å². The molecule has 29 heavy (non-hydrogen) atoms. The van der Waals surface area contributed by atoms with Crippen LogP contribution in [0.4, 0.5) is 0 Å². The summed E-state index contributed by atoms with van der Waals surface area (Å²) in [6, 6.07) is 13.6. The molecule has 1 spiro atoms. The van der Waals surface area contributed by atoms with Crippen LogP contribution in [0, 0.1) is 5.41 Å². The Hall–Kier alpha value is -1.33. The molecule has 2 heterocycles. The molecule has 0 aromatic heterocycles. The highest BCUT2D eigenvalue weighted by atomic mass is 79.9. The molecule has 2 aromatic rings. The third-order valence-electron chi connectivity index (χ3n) is 5.99. The Labute approximate surface area is 190 Å². The lowest BCUT2D eigenvalue weighted by atomic mass is 9.72. The molecule has 3 nitrogen and oxygen atoms in total. The Bertz CT molecular complexity index is 893. The van der Waals surface area contributed by atoms with Gasteiger partial charge in [0.15, 0.2) is 0 Å². The van der Waals surface area contributed by atoms with Gasteiger partial charge in [0.05, 0.1) is 0 Å². The molecule has 0 aliphatic carbocycles. The van der Waals surface area contributed by atoms with Gasteiger partial charge < -0.3 is 4.90 Å². The summed E-state index contributed by atoms with van der Waals surface area (Å²) in [7, 11) is 0. The first-order valence-electron chi connectivity index (χ1n) is 9.82. The zero-order valence-corrected chi connectivity index (χ0v) is 19.2. The number of carbonyl (C=O) groups excluding carboxylic acids is 1. The summed E-state index contributed by atoms with van der Waals surface area (Å²) >= 11 is 16.0. The number of likely N-dealkylation sites (tertiary alicyclic amines) is 2. The predicted octanol–water partition coefficient (Wildman–Crippen LogP) is 5.89. The van der Waals surface area contributed by atoms with Gasteiger partial charge in [-0.15, -0.1) is 0 Å². The summed E-state index contributed by atoms with van der Waals surface area (Å²) in [6.45, 7) is 4.53. The van der Waals surface area contributed by atoms with Crippen LogP contribution in [0.3, 0.4) is 0 Å². The summed E-state index contributed by atoms with van der Waals surface area (Å²) in [5.41, 5.74) is 2.37. The number of halogens is 3.